The Morgan fingerprint density at radius 3 is 2.09 bits per heavy atom. The molecule has 0 aliphatic rings. The van der Waals surface area contributed by atoms with Crippen LogP contribution >= 0.6 is 0 Å². The average Bonchev–Trinajstić information content (AvgIpc) is 2.02. The fourth-order valence-corrected chi connectivity index (χ4v) is 0.642. The zero-order valence-electron chi connectivity index (χ0n) is 7.94. The van der Waals surface area contributed by atoms with Crippen molar-refractivity contribution in [3.63, 3.8) is 0 Å². The summed E-state index contributed by atoms with van der Waals surface area (Å²) in [5, 5.41) is 0. The molecular weight excluding hydrogens is 185 g/mol. The Hall–Kier alpha value is 0.363. The summed E-state index contributed by atoms with van der Waals surface area (Å²) in [7, 11) is 0. The molecule has 0 fully saturated rings. The summed E-state index contributed by atoms with van der Waals surface area (Å²) < 4.78 is 0. The number of rotatable bonds is 5. The summed E-state index contributed by atoms with van der Waals surface area (Å²) in [6.07, 6.45) is 8.10. The molecule has 0 N–H and O–H groups in total. The molecule has 0 aromatic heterocycles. The van der Waals surface area contributed by atoms with Crippen LogP contribution in [0.5, 0.6) is 0 Å². The number of hydrogen-bond acceptors (Lipinski definition) is 0. The largest absolute Gasteiger partial charge is 2.00 e. The van der Waals surface area contributed by atoms with Crippen molar-refractivity contribution in [3.8, 4) is 0 Å². The van der Waals surface area contributed by atoms with Gasteiger partial charge in [0.1, 0.15) is 0 Å². The zero-order valence-corrected chi connectivity index (χ0v) is 10.9. The van der Waals surface area contributed by atoms with Gasteiger partial charge in [0.25, 0.3) is 0 Å². The molecule has 0 radical (unpaired) electrons. The molecule has 0 heterocycles. The minimum absolute atomic E-state index is 0. The molecule has 0 unspecified atom stereocenters. The standard InChI is InChI=1S/C8H15.C2H5.Zn/c1-3-5-7-8-6-4-2;1-2;/h3H,1-2,4-8H2;1H2,2H3;/q2*-1;+2. The van der Waals surface area contributed by atoms with E-state index in [1.54, 1.807) is 6.92 Å². The third-order valence-electron chi connectivity index (χ3n) is 1.16. The van der Waals surface area contributed by atoms with Gasteiger partial charge in [-0.15, -0.1) is 6.58 Å². The molecule has 0 rings (SSSR count). The number of hydrogen-bond donors (Lipinski definition) is 0. The van der Waals surface area contributed by atoms with E-state index in [-0.39, 0.29) is 19.5 Å². The Kier molecular flexibility index (Phi) is 35.6. The molecular formula is C10H20Zn. The smallest absolute Gasteiger partial charge is 0.346 e. The van der Waals surface area contributed by atoms with E-state index in [1.807, 2.05) is 6.08 Å². The van der Waals surface area contributed by atoms with Gasteiger partial charge in [-0.25, -0.2) is 0 Å². The van der Waals surface area contributed by atoms with Gasteiger partial charge in [0.2, 0.25) is 0 Å². The van der Waals surface area contributed by atoms with E-state index in [9.17, 15) is 0 Å². The summed E-state index contributed by atoms with van der Waals surface area (Å²) in [5.74, 6) is 0. The third-order valence-corrected chi connectivity index (χ3v) is 1.16. The molecule has 0 aromatic rings. The van der Waals surface area contributed by atoms with Gasteiger partial charge >= 0.3 is 19.5 Å². The summed E-state index contributed by atoms with van der Waals surface area (Å²) in [4.78, 5) is 0. The minimum atomic E-state index is 0. The summed E-state index contributed by atoms with van der Waals surface area (Å²) >= 11 is 0. The minimum Gasteiger partial charge on any atom is -0.346 e. The predicted octanol–water partition coefficient (Wildman–Crippen LogP) is 3.79. The Bertz CT molecular complexity index is 50.8. The van der Waals surface area contributed by atoms with Crippen LogP contribution in [0.15, 0.2) is 12.7 Å². The van der Waals surface area contributed by atoms with Gasteiger partial charge in [-0.2, -0.15) is 13.3 Å². The molecule has 0 aliphatic carbocycles. The Morgan fingerprint density at radius 1 is 1.18 bits per heavy atom. The van der Waals surface area contributed by atoms with Crippen LogP contribution < -0.4 is 0 Å². The van der Waals surface area contributed by atoms with Gasteiger partial charge in [0.05, 0.1) is 0 Å². The maximum Gasteiger partial charge on any atom is 2.00 e. The fourth-order valence-electron chi connectivity index (χ4n) is 0.642. The summed E-state index contributed by atoms with van der Waals surface area (Å²) in [5.41, 5.74) is 0. The van der Waals surface area contributed by atoms with Crippen molar-refractivity contribution in [2.45, 2.75) is 39.0 Å². The molecule has 0 saturated carbocycles. The van der Waals surface area contributed by atoms with Crippen LogP contribution in [0.3, 0.4) is 0 Å². The van der Waals surface area contributed by atoms with E-state index in [0.29, 0.717) is 0 Å². The van der Waals surface area contributed by atoms with E-state index in [1.165, 1.54) is 25.7 Å². The second-order valence-corrected chi connectivity index (χ2v) is 1.99. The fraction of sp³-hybridized carbons (Fsp3) is 0.600. The van der Waals surface area contributed by atoms with Crippen molar-refractivity contribution in [3.05, 3.63) is 26.5 Å². The molecule has 0 bridgehead atoms. The molecule has 1 heteroatoms. The molecule has 0 nitrogen and oxygen atoms in total. The summed E-state index contributed by atoms with van der Waals surface area (Å²) in [6.45, 7) is 12.4. The molecule has 62 valence electrons. The summed E-state index contributed by atoms with van der Waals surface area (Å²) in [6, 6.07) is 0. The van der Waals surface area contributed by atoms with Crippen LogP contribution in [0.4, 0.5) is 0 Å². The second-order valence-electron chi connectivity index (χ2n) is 1.99. The average molecular weight is 206 g/mol. The van der Waals surface area contributed by atoms with E-state index >= 15 is 0 Å². The first-order valence-corrected chi connectivity index (χ1v) is 4.02. The number of unbranched alkanes of at least 4 members (excludes halogenated alkanes) is 4. The van der Waals surface area contributed by atoms with Crippen LogP contribution in [0.2, 0.25) is 0 Å². The van der Waals surface area contributed by atoms with Gasteiger partial charge in [0.15, 0.2) is 0 Å². The molecule has 0 aromatic carbocycles. The molecule has 0 saturated heterocycles. The maximum absolute atomic E-state index is 3.76. The van der Waals surface area contributed by atoms with Gasteiger partial charge < -0.3 is 13.8 Å². The quantitative estimate of drug-likeness (QED) is 0.277. The van der Waals surface area contributed by atoms with Crippen molar-refractivity contribution in [2.24, 2.45) is 0 Å². The van der Waals surface area contributed by atoms with Crippen LogP contribution in [-0.2, 0) is 19.5 Å². The van der Waals surface area contributed by atoms with E-state index < -0.39 is 0 Å². The molecule has 11 heavy (non-hydrogen) atoms. The Morgan fingerprint density at radius 2 is 1.73 bits per heavy atom. The topological polar surface area (TPSA) is 0 Å². The second kappa shape index (κ2) is 22.4. The predicted molar refractivity (Wildman–Crippen MR) is 49.7 cm³/mol. The van der Waals surface area contributed by atoms with Crippen molar-refractivity contribution < 1.29 is 19.5 Å². The SMILES string of the molecule is C=CCCCCC[CH2-].[CH2-]C.[Zn+2]. The number of allylic oxidation sites excluding steroid dienone is 1. The van der Waals surface area contributed by atoms with Crippen LogP contribution in [-0.4, -0.2) is 0 Å². The first kappa shape index (κ1) is 17.4. The van der Waals surface area contributed by atoms with Crippen LogP contribution in [0.1, 0.15) is 39.0 Å². The molecule has 0 amide bonds. The van der Waals surface area contributed by atoms with E-state index in [4.69, 9.17) is 0 Å². The van der Waals surface area contributed by atoms with Crippen molar-refractivity contribution >= 4 is 0 Å². The maximum atomic E-state index is 3.76. The van der Waals surface area contributed by atoms with E-state index in [2.05, 4.69) is 20.4 Å². The third kappa shape index (κ3) is 25.2. The van der Waals surface area contributed by atoms with Gasteiger partial charge in [-0.05, 0) is 12.8 Å². The van der Waals surface area contributed by atoms with Crippen LogP contribution in [0, 0.1) is 13.8 Å². The van der Waals surface area contributed by atoms with Crippen molar-refractivity contribution in [1.29, 1.82) is 0 Å². The molecule has 0 spiro atoms. The zero-order chi connectivity index (χ0) is 8.24. The Balaban J connectivity index is -0.000000196. The molecule has 0 aliphatic heterocycles. The van der Waals surface area contributed by atoms with E-state index in [0.717, 1.165) is 6.42 Å². The van der Waals surface area contributed by atoms with Gasteiger partial charge in [0, 0.05) is 0 Å². The monoisotopic (exact) mass is 204 g/mol. The molecule has 0 atom stereocenters. The first-order chi connectivity index (χ1) is 4.91. The van der Waals surface area contributed by atoms with Crippen LogP contribution in [0.25, 0.3) is 0 Å². The van der Waals surface area contributed by atoms with Gasteiger partial charge in [-0.1, -0.05) is 18.9 Å². The Labute approximate surface area is 85.2 Å². The normalized spacial score (nSPS) is 7.18. The van der Waals surface area contributed by atoms with Gasteiger partial charge in [-0.3, -0.25) is 0 Å². The first-order valence-electron chi connectivity index (χ1n) is 4.02. The van der Waals surface area contributed by atoms with Crippen molar-refractivity contribution in [2.75, 3.05) is 0 Å². The van der Waals surface area contributed by atoms with Crippen molar-refractivity contribution in [1.82, 2.24) is 0 Å².